The fourth-order valence-electron chi connectivity index (χ4n) is 1.51. The van der Waals surface area contributed by atoms with Crippen LogP contribution in [0.3, 0.4) is 0 Å². The molecule has 1 aromatic rings. The van der Waals surface area contributed by atoms with Crippen LogP contribution in [0.2, 0.25) is 0 Å². The lowest BCUT2D eigenvalue weighted by Gasteiger charge is -2.09. The molecule has 1 heterocycles. The van der Waals surface area contributed by atoms with Crippen LogP contribution in [0, 0.1) is 5.92 Å². The molecule has 80 valence electrons. The summed E-state index contributed by atoms with van der Waals surface area (Å²) in [4.78, 5) is 4.36. The Hall–Kier alpha value is -0.830. The Morgan fingerprint density at radius 2 is 2.36 bits per heavy atom. The van der Waals surface area contributed by atoms with E-state index in [0.29, 0.717) is 5.92 Å². The fourth-order valence-corrected chi connectivity index (χ4v) is 1.51. The molecule has 0 bridgehead atoms. The summed E-state index contributed by atoms with van der Waals surface area (Å²) in [6, 6.07) is 0. The zero-order chi connectivity index (χ0) is 10.4. The summed E-state index contributed by atoms with van der Waals surface area (Å²) < 4.78 is 2.24. The van der Waals surface area contributed by atoms with E-state index in [1.54, 1.807) is 0 Å². The van der Waals surface area contributed by atoms with Crippen LogP contribution in [-0.2, 0) is 13.0 Å². The molecular formula is C11H21N3. The minimum Gasteiger partial charge on any atom is -0.335 e. The Kier molecular flexibility index (Phi) is 4.66. The molecule has 0 saturated heterocycles. The number of aryl methyl sites for hydroxylation is 2. The summed E-state index contributed by atoms with van der Waals surface area (Å²) in [7, 11) is 0. The molecular weight excluding hydrogens is 174 g/mol. The molecule has 0 aliphatic rings. The van der Waals surface area contributed by atoms with Gasteiger partial charge in [-0.2, -0.15) is 0 Å². The van der Waals surface area contributed by atoms with E-state index in [4.69, 9.17) is 5.73 Å². The average molecular weight is 195 g/mol. The zero-order valence-corrected chi connectivity index (χ0v) is 9.24. The number of hydrogen-bond acceptors (Lipinski definition) is 2. The van der Waals surface area contributed by atoms with Crippen molar-refractivity contribution in [3.8, 4) is 0 Å². The highest BCUT2D eigenvalue weighted by atomic mass is 15.1. The van der Waals surface area contributed by atoms with E-state index in [1.807, 2.05) is 6.20 Å². The van der Waals surface area contributed by atoms with Crippen molar-refractivity contribution in [2.45, 2.75) is 39.7 Å². The van der Waals surface area contributed by atoms with Gasteiger partial charge in [0.25, 0.3) is 0 Å². The Morgan fingerprint density at radius 1 is 1.57 bits per heavy atom. The molecule has 0 aliphatic carbocycles. The Morgan fingerprint density at radius 3 is 3.00 bits per heavy atom. The predicted octanol–water partition coefficient (Wildman–Crippen LogP) is 1.82. The maximum atomic E-state index is 5.58. The second kappa shape index (κ2) is 5.81. The zero-order valence-electron chi connectivity index (χ0n) is 9.24. The summed E-state index contributed by atoms with van der Waals surface area (Å²) >= 11 is 0. The first-order valence-electron chi connectivity index (χ1n) is 5.48. The van der Waals surface area contributed by atoms with Gasteiger partial charge in [-0.1, -0.05) is 13.8 Å². The van der Waals surface area contributed by atoms with Crippen molar-refractivity contribution in [2.75, 3.05) is 6.54 Å². The van der Waals surface area contributed by atoms with E-state index in [-0.39, 0.29) is 0 Å². The highest BCUT2D eigenvalue weighted by Gasteiger charge is 2.04. The van der Waals surface area contributed by atoms with Crippen molar-refractivity contribution in [1.29, 1.82) is 0 Å². The second-order valence-corrected chi connectivity index (χ2v) is 3.92. The topological polar surface area (TPSA) is 43.8 Å². The molecule has 0 radical (unpaired) electrons. The third-order valence-corrected chi connectivity index (χ3v) is 2.53. The first kappa shape index (κ1) is 11.2. The average Bonchev–Trinajstić information content (AvgIpc) is 2.62. The summed E-state index contributed by atoms with van der Waals surface area (Å²) in [6.07, 6.45) is 7.29. The lowest BCUT2D eigenvalue weighted by molar-refractivity contribution is 0.520. The largest absolute Gasteiger partial charge is 0.335 e. The number of aromatic nitrogens is 2. The molecule has 1 rings (SSSR count). The van der Waals surface area contributed by atoms with Gasteiger partial charge in [-0.25, -0.2) is 4.98 Å². The van der Waals surface area contributed by atoms with E-state index in [0.717, 1.165) is 32.4 Å². The molecule has 14 heavy (non-hydrogen) atoms. The van der Waals surface area contributed by atoms with Crippen molar-refractivity contribution in [3.63, 3.8) is 0 Å². The summed E-state index contributed by atoms with van der Waals surface area (Å²) in [5.41, 5.74) is 5.58. The molecule has 3 heteroatoms. The molecule has 1 aromatic heterocycles. The van der Waals surface area contributed by atoms with Gasteiger partial charge in [0.05, 0.1) is 0 Å². The molecule has 0 spiro atoms. The third-order valence-electron chi connectivity index (χ3n) is 2.53. The minimum absolute atomic E-state index is 0.599. The van der Waals surface area contributed by atoms with Gasteiger partial charge in [0.2, 0.25) is 0 Å². The quantitative estimate of drug-likeness (QED) is 0.752. The molecule has 0 amide bonds. The maximum absolute atomic E-state index is 5.58. The van der Waals surface area contributed by atoms with Crippen molar-refractivity contribution >= 4 is 0 Å². The molecule has 0 saturated carbocycles. The van der Waals surface area contributed by atoms with Crippen LogP contribution in [0.5, 0.6) is 0 Å². The van der Waals surface area contributed by atoms with Crippen LogP contribution in [0.1, 0.15) is 32.5 Å². The molecule has 1 atom stereocenters. The van der Waals surface area contributed by atoms with Gasteiger partial charge in [-0.3, -0.25) is 0 Å². The fraction of sp³-hybridized carbons (Fsp3) is 0.727. The second-order valence-electron chi connectivity index (χ2n) is 3.92. The monoisotopic (exact) mass is 195 g/mol. The highest BCUT2D eigenvalue weighted by Crippen LogP contribution is 2.07. The maximum Gasteiger partial charge on any atom is 0.108 e. The first-order chi connectivity index (χ1) is 6.77. The van der Waals surface area contributed by atoms with Crippen LogP contribution in [0.15, 0.2) is 12.4 Å². The molecule has 1 unspecified atom stereocenters. The van der Waals surface area contributed by atoms with Crippen LogP contribution in [0.4, 0.5) is 0 Å². The van der Waals surface area contributed by atoms with E-state index in [9.17, 15) is 0 Å². The van der Waals surface area contributed by atoms with Gasteiger partial charge in [-0.05, 0) is 25.3 Å². The molecule has 0 aromatic carbocycles. The van der Waals surface area contributed by atoms with Gasteiger partial charge < -0.3 is 10.3 Å². The summed E-state index contributed by atoms with van der Waals surface area (Å²) in [5, 5.41) is 0. The van der Waals surface area contributed by atoms with E-state index < -0.39 is 0 Å². The molecule has 0 fully saturated rings. The van der Waals surface area contributed by atoms with Crippen LogP contribution >= 0.6 is 0 Å². The third kappa shape index (κ3) is 3.14. The van der Waals surface area contributed by atoms with E-state index in [2.05, 4.69) is 29.6 Å². The van der Waals surface area contributed by atoms with E-state index in [1.165, 1.54) is 5.82 Å². The van der Waals surface area contributed by atoms with Crippen molar-refractivity contribution in [2.24, 2.45) is 11.7 Å². The van der Waals surface area contributed by atoms with Crippen molar-refractivity contribution in [3.05, 3.63) is 18.2 Å². The Bertz CT molecular complexity index is 255. The van der Waals surface area contributed by atoms with Gasteiger partial charge in [0.15, 0.2) is 0 Å². The lowest BCUT2D eigenvalue weighted by atomic mass is 10.1. The number of imidazole rings is 1. The van der Waals surface area contributed by atoms with Gasteiger partial charge in [-0.15, -0.1) is 0 Å². The summed E-state index contributed by atoms with van der Waals surface area (Å²) in [5.74, 6) is 1.80. The molecule has 3 nitrogen and oxygen atoms in total. The number of nitrogens with zero attached hydrogens (tertiary/aromatic N) is 2. The van der Waals surface area contributed by atoms with E-state index >= 15 is 0 Å². The van der Waals surface area contributed by atoms with Gasteiger partial charge in [0.1, 0.15) is 5.82 Å². The number of nitrogens with two attached hydrogens (primary N) is 1. The first-order valence-corrected chi connectivity index (χ1v) is 5.48. The molecule has 0 aliphatic heterocycles. The predicted molar refractivity (Wildman–Crippen MR) is 59.1 cm³/mol. The van der Waals surface area contributed by atoms with Crippen molar-refractivity contribution in [1.82, 2.24) is 9.55 Å². The number of hydrogen-bond donors (Lipinski definition) is 1. The smallest absolute Gasteiger partial charge is 0.108 e. The summed E-state index contributed by atoms with van der Waals surface area (Å²) in [6.45, 7) is 6.22. The van der Waals surface area contributed by atoms with Crippen LogP contribution < -0.4 is 5.73 Å². The lowest BCUT2D eigenvalue weighted by Crippen LogP contribution is -2.13. The van der Waals surface area contributed by atoms with Crippen LogP contribution in [0.25, 0.3) is 0 Å². The standard InChI is InChI=1S/C11H21N3/c1-3-7-14-8-6-13-11(14)5-4-10(2)9-12/h6,8,10H,3-5,7,9,12H2,1-2H3. The number of rotatable bonds is 6. The van der Waals surface area contributed by atoms with Crippen molar-refractivity contribution < 1.29 is 0 Å². The normalized spacial score (nSPS) is 13.1. The minimum atomic E-state index is 0.599. The SMILES string of the molecule is CCCn1ccnc1CCC(C)CN. The Balaban J connectivity index is 2.45. The molecule has 2 N–H and O–H groups in total. The van der Waals surface area contributed by atoms with Crippen LogP contribution in [-0.4, -0.2) is 16.1 Å². The van der Waals surface area contributed by atoms with Gasteiger partial charge >= 0.3 is 0 Å². The highest BCUT2D eigenvalue weighted by molar-refractivity contribution is 4.92. The Labute approximate surface area is 86.3 Å². The van der Waals surface area contributed by atoms with Gasteiger partial charge in [0, 0.05) is 25.4 Å².